The summed E-state index contributed by atoms with van der Waals surface area (Å²) < 4.78 is 48.7. The molecule has 2 heterocycles. The van der Waals surface area contributed by atoms with Gasteiger partial charge in [-0.3, -0.25) is 0 Å². The molecule has 164 valence electrons. The maximum atomic E-state index is 15.0. The lowest BCUT2D eigenvalue weighted by Gasteiger charge is -2.38. The summed E-state index contributed by atoms with van der Waals surface area (Å²) >= 11 is 0. The smallest absolute Gasteiger partial charge is 0.222 e. The van der Waals surface area contributed by atoms with E-state index < -0.39 is 15.3 Å². The lowest BCUT2D eigenvalue weighted by Crippen LogP contribution is -2.45. The van der Waals surface area contributed by atoms with Gasteiger partial charge in [0.2, 0.25) is 10.0 Å². The standard InChI is InChI=1S/C25H28FNO3S/c1-2-23-10-11-25(21-6-4-3-5-7-21)31(28,29)27(23)18-22-9-8-20(17-24(22)26)16-19-12-14-30-15-13-19/h2-9,16-17,23,25H,1,10-15,18H2/t23-,25+/m0/s1. The minimum absolute atomic E-state index is 0.00111. The number of halogens is 1. The van der Waals surface area contributed by atoms with Gasteiger partial charge in [-0.25, -0.2) is 12.8 Å². The molecule has 0 N–H and O–H groups in total. The topological polar surface area (TPSA) is 46.6 Å². The second-order valence-electron chi connectivity index (χ2n) is 8.14. The predicted octanol–water partition coefficient (Wildman–Crippen LogP) is 5.24. The molecule has 31 heavy (non-hydrogen) atoms. The van der Waals surface area contributed by atoms with Crippen molar-refractivity contribution in [2.24, 2.45) is 0 Å². The van der Waals surface area contributed by atoms with Crippen molar-refractivity contribution in [2.75, 3.05) is 13.2 Å². The van der Waals surface area contributed by atoms with Crippen molar-refractivity contribution >= 4 is 16.1 Å². The zero-order valence-corrected chi connectivity index (χ0v) is 18.4. The number of benzene rings is 2. The molecule has 0 amide bonds. The van der Waals surface area contributed by atoms with E-state index in [1.165, 1.54) is 15.9 Å². The number of rotatable bonds is 5. The van der Waals surface area contributed by atoms with Crippen LogP contribution in [0.1, 0.15) is 47.6 Å². The van der Waals surface area contributed by atoms with Crippen LogP contribution in [0.3, 0.4) is 0 Å². The van der Waals surface area contributed by atoms with Crippen LogP contribution in [0, 0.1) is 5.82 Å². The maximum absolute atomic E-state index is 15.0. The van der Waals surface area contributed by atoms with Crippen LogP contribution in [0.4, 0.5) is 4.39 Å². The van der Waals surface area contributed by atoms with Gasteiger partial charge < -0.3 is 4.74 Å². The Kier molecular flexibility index (Phi) is 6.70. The molecule has 0 unspecified atom stereocenters. The number of nitrogens with zero attached hydrogens (tertiary/aromatic N) is 1. The molecule has 2 aromatic carbocycles. The van der Waals surface area contributed by atoms with E-state index in [9.17, 15) is 12.8 Å². The fourth-order valence-corrected chi connectivity index (χ4v) is 6.53. The van der Waals surface area contributed by atoms with E-state index in [-0.39, 0.29) is 18.4 Å². The van der Waals surface area contributed by atoms with Crippen LogP contribution in [0.2, 0.25) is 0 Å². The van der Waals surface area contributed by atoms with Gasteiger partial charge >= 0.3 is 0 Å². The van der Waals surface area contributed by atoms with Crippen LogP contribution in [-0.2, 0) is 21.3 Å². The van der Waals surface area contributed by atoms with Crippen LogP contribution in [-0.4, -0.2) is 32.0 Å². The Balaban J connectivity index is 1.59. The third-order valence-corrected chi connectivity index (χ3v) is 8.41. The van der Waals surface area contributed by atoms with Crippen LogP contribution >= 0.6 is 0 Å². The van der Waals surface area contributed by atoms with Gasteiger partial charge in [-0.05, 0) is 42.9 Å². The molecule has 6 heteroatoms. The van der Waals surface area contributed by atoms with E-state index in [1.807, 2.05) is 42.5 Å². The van der Waals surface area contributed by atoms with Gasteiger partial charge in [0.1, 0.15) is 11.1 Å². The van der Waals surface area contributed by atoms with Crippen LogP contribution in [0.5, 0.6) is 0 Å². The van der Waals surface area contributed by atoms with Gasteiger partial charge in [0.25, 0.3) is 0 Å². The minimum atomic E-state index is -3.66. The predicted molar refractivity (Wildman–Crippen MR) is 121 cm³/mol. The normalized spacial score (nSPS) is 24.0. The summed E-state index contributed by atoms with van der Waals surface area (Å²) in [5, 5.41) is -0.620. The van der Waals surface area contributed by atoms with E-state index in [4.69, 9.17) is 4.74 Å². The Bertz CT molecular complexity index is 1060. The van der Waals surface area contributed by atoms with Crippen molar-refractivity contribution in [1.82, 2.24) is 4.31 Å². The summed E-state index contributed by atoms with van der Waals surface area (Å²) in [5.74, 6) is -0.388. The molecule has 0 saturated carbocycles. The highest BCUT2D eigenvalue weighted by Crippen LogP contribution is 2.38. The van der Waals surface area contributed by atoms with Gasteiger partial charge in [0.05, 0.1) is 13.2 Å². The van der Waals surface area contributed by atoms with Crippen molar-refractivity contribution in [3.8, 4) is 0 Å². The molecule has 0 aliphatic carbocycles. The Hall–Kier alpha value is -2.28. The molecule has 2 aromatic rings. The summed E-state index contributed by atoms with van der Waals surface area (Å²) in [4.78, 5) is 0. The quantitative estimate of drug-likeness (QED) is 0.596. The van der Waals surface area contributed by atoms with Crippen molar-refractivity contribution in [1.29, 1.82) is 0 Å². The fourth-order valence-electron chi connectivity index (χ4n) is 4.38. The number of ether oxygens (including phenoxy) is 1. The summed E-state index contributed by atoms with van der Waals surface area (Å²) in [6.45, 7) is 5.22. The number of hydrogen-bond donors (Lipinski definition) is 0. The summed E-state index contributed by atoms with van der Waals surface area (Å²) in [6, 6.07) is 14.0. The van der Waals surface area contributed by atoms with Gasteiger partial charge in [-0.1, -0.05) is 60.2 Å². The third kappa shape index (κ3) is 4.81. The third-order valence-electron chi connectivity index (χ3n) is 6.13. The molecule has 4 rings (SSSR count). The van der Waals surface area contributed by atoms with Gasteiger partial charge in [-0.2, -0.15) is 4.31 Å². The summed E-state index contributed by atoms with van der Waals surface area (Å²) in [7, 11) is -3.66. The lowest BCUT2D eigenvalue weighted by atomic mass is 10.0. The van der Waals surface area contributed by atoms with E-state index in [0.29, 0.717) is 31.6 Å². The van der Waals surface area contributed by atoms with E-state index in [0.717, 1.165) is 24.0 Å². The van der Waals surface area contributed by atoms with Crippen LogP contribution in [0.25, 0.3) is 6.08 Å². The van der Waals surface area contributed by atoms with Gasteiger partial charge in [0, 0.05) is 18.2 Å². The molecule has 0 bridgehead atoms. The zero-order chi connectivity index (χ0) is 21.8. The summed E-state index contributed by atoms with van der Waals surface area (Å²) in [6.07, 6.45) is 6.56. The highest BCUT2D eigenvalue weighted by atomic mass is 32.2. The average molecular weight is 442 g/mol. The molecule has 0 aromatic heterocycles. The van der Waals surface area contributed by atoms with E-state index in [2.05, 4.69) is 6.58 Å². The molecule has 2 aliphatic heterocycles. The van der Waals surface area contributed by atoms with Gasteiger partial charge in [-0.15, -0.1) is 6.58 Å². The maximum Gasteiger partial charge on any atom is 0.222 e. The SMILES string of the molecule is C=C[C@H]1CC[C@H](c2ccccc2)S(=O)(=O)N1Cc1ccc(C=C2CCOCC2)cc1F. The monoisotopic (exact) mass is 441 g/mol. The lowest BCUT2D eigenvalue weighted by molar-refractivity contribution is 0.119. The number of hydrogen-bond acceptors (Lipinski definition) is 3. The molecule has 2 saturated heterocycles. The zero-order valence-electron chi connectivity index (χ0n) is 17.5. The molecule has 0 radical (unpaired) electrons. The first-order chi connectivity index (χ1) is 15.0. The molecule has 2 aliphatic rings. The van der Waals surface area contributed by atoms with Crippen LogP contribution in [0.15, 0.2) is 66.8 Å². The molecule has 2 fully saturated rings. The second kappa shape index (κ2) is 9.47. The molecular weight excluding hydrogens is 413 g/mol. The van der Waals surface area contributed by atoms with Crippen molar-refractivity contribution in [3.63, 3.8) is 0 Å². The second-order valence-corrected chi connectivity index (χ2v) is 10.2. The first-order valence-corrected chi connectivity index (χ1v) is 12.2. The van der Waals surface area contributed by atoms with Gasteiger partial charge in [0.15, 0.2) is 0 Å². The van der Waals surface area contributed by atoms with Crippen molar-refractivity contribution in [3.05, 3.63) is 89.3 Å². The highest BCUT2D eigenvalue weighted by molar-refractivity contribution is 7.89. The highest BCUT2D eigenvalue weighted by Gasteiger charge is 2.41. The molecular formula is C25H28FNO3S. The summed E-state index contributed by atoms with van der Waals surface area (Å²) in [5.41, 5.74) is 3.18. The largest absolute Gasteiger partial charge is 0.381 e. The Morgan fingerprint density at radius 1 is 1.10 bits per heavy atom. The molecule has 0 spiro atoms. The number of sulfonamides is 1. The van der Waals surface area contributed by atoms with E-state index in [1.54, 1.807) is 12.1 Å². The average Bonchev–Trinajstić information content (AvgIpc) is 2.77. The minimum Gasteiger partial charge on any atom is -0.381 e. The Morgan fingerprint density at radius 3 is 2.52 bits per heavy atom. The van der Waals surface area contributed by atoms with Crippen molar-refractivity contribution in [2.45, 2.75) is 43.5 Å². The fraction of sp³-hybridized carbons (Fsp3) is 0.360. The van der Waals surface area contributed by atoms with E-state index >= 15 is 0 Å². The molecule has 2 atom stereocenters. The Morgan fingerprint density at radius 2 is 1.84 bits per heavy atom. The Labute approximate surface area is 184 Å². The first kappa shape index (κ1) is 21.9. The van der Waals surface area contributed by atoms with Crippen molar-refractivity contribution < 1.29 is 17.5 Å². The van der Waals surface area contributed by atoms with Crippen LogP contribution < -0.4 is 0 Å². The first-order valence-electron chi connectivity index (χ1n) is 10.7. The molecule has 4 nitrogen and oxygen atoms in total.